The van der Waals surface area contributed by atoms with E-state index < -0.39 is 0 Å². The summed E-state index contributed by atoms with van der Waals surface area (Å²) in [4.78, 5) is 13.6. The monoisotopic (exact) mass is 231 g/mol. The number of hydrogen-bond donors (Lipinski definition) is 1. The predicted molar refractivity (Wildman–Crippen MR) is 60.8 cm³/mol. The van der Waals surface area contributed by atoms with Crippen molar-refractivity contribution in [2.45, 2.75) is 4.90 Å². The quantitative estimate of drug-likeness (QED) is 0.632. The Balaban J connectivity index is 2.96. The maximum absolute atomic E-state index is 11.9. The van der Waals surface area contributed by atoms with Gasteiger partial charge in [-0.3, -0.25) is 4.79 Å². The van der Waals surface area contributed by atoms with Gasteiger partial charge in [0.25, 0.3) is 5.91 Å². The van der Waals surface area contributed by atoms with E-state index in [-0.39, 0.29) is 19.0 Å². The molecule has 1 rings (SSSR count). The second kappa shape index (κ2) is 5.79. The van der Waals surface area contributed by atoms with Gasteiger partial charge in [0, 0.05) is 4.90 Å². The van der Waals surface area contributed by atoms with Crippen LogP contribution in [0.4, 0.5) is 0 Å². The van der Waals surface area contributed by atoms with Crippen LogP contribution in [0, 0.1) is 22.7 Å². The zero-order valence-corrected chi connectivity index (χ0v) is 9.32. The average Bonchev–Trinajstić information content (AvgIpc) is 2.28. The summed E-state index contributed by atoms with van der Waals surface area (Å²) in [5.41, 5.74) is 0.399. The highest BCUT2D eigenvalue weighted by Gasteiger charge is 2.16. The van der Waals surface area contributed by atoms with E-state index in [1.54, 1.807) is 24.3 Å². The lowest BCUT2D eigenvalue weighted by atomic mass is 10.2. The Bertz CT molecular complexity index is 457. The summed E-state index contributed by atoms with van der Waals surface area (Å²) in [5, 5.41) is 17.1. The molecule has 0 aromatic heterocycles. The molecule has 0 fully saturated rings. The van der Waals surface area contributed by atoms with Crippen molar-refractivity contribution in [3.05, 3.63) is 29.8 Å². The molecule has 4 nitrogen and oxygen atoms in total. The van der Waals surface area contributed by atoms with Gasteiger partial charge in [0.05, 0.1) is 17.7 Å². The van der Waals surface area contributed by atoms with Crippen LogP contribution in [0.3, 0.4) is 0 Å². The Hall–Kier alpha value is -1.98. The standard InChI is InChI=1S/C11H9N3OS/c12-5-7-14(8-6-13)11(15)9-3-1-2-4-10(9)16/h1-4,16H,7-8H2. The maximum atomic E-state index is 11.9. The first-order chi connectivity index (χ1) is 7.70. The highest BCUT2D eigenvalue weighted by Crippen LogP contribution is 2.15. The first kappa shape index (κ1) is 12.1. The van der Waals surface area contributed by atoms with Gasteiger partial charge in [-0.15, -0.1) is 12.6 Å². The summed E-state index contributed by atoms with van der Waals surface area (Å²) >= 11 is 4.15. The molecule has 0 aliphatic carbocycles. The van der Waals surface area contributed by atoms with Crippen molar-refractivity contribution >= 4 is 18.5 Å². The fourth-order valence-corrected chi connectivity index (χ4v) is 1.45. The van der Waals surface area contributed by atoms with Crippen LogP contribution >= 0.6 is 12.6 Å². The van der Waals surface area contributed by atoms with Crippen molar-refractivity contribution in [1.82, 2.24) is 4.90 Å². The van der Waals surface area contributed by atoms with Crippen LogP contribution in [0.2, 0.25) is 0 Å². The van der Waals surface area contributed by atoms with E-state index in [1.807, 2.05) is 12.1 Å². The molecule has 16 heavy (non-hydrogen) atoms. The third kappa shape index (κ3) is 2.75. The summed E-state index contributed by atoms with van der Waals surface area (Å²) < 4.78 is 0. The Morgan fingerprint density at radius 1 is 1.25 bits per heavy atom. The topological polar surface area (TPSA) is 67.9 Å². The van der Waals surface area contributed by atoms with Crippen LogP contribution in [0.5, 0.6) is 0 Å². The number of nitrogens with zero attached hydrogens (tertiary/aromatic N) is 3. The molecule has 1 aromatic carbocycles. The van der Waals surface area contributed by atoms with Gasteiger partial charge in [0.15, 0.2) is 0 Å². The molecule has 1 amide bonds. The third-order valence-corrected chi connectivity index (χ3v) is 2.33. The number of hydrogen-bond acceptors (Lipinski definition) is 4. The molecule has 0 saturated heterocycles. The number of benzene rings is 1. The molecule has 0 heterocycles. The molecule has 0 bridgehead atoms. The molecule has 80 valence electrons. The van der Waals surface area contributed by atoms with Crippen molar-refractivity contribution in [3.63, 3.8) is 0 Å². The molecule has 0 atom stereocenters. The predicted octanol–water partition coefficient (Wildman–Crippen LogP) is 1.46. The Labute approximate surface area is 99.1 Å². The van der Waals surface area contributed by atoms with Crippen LogP contribution in [0.25, 0.3) is 0 Å². The summed E-state index contributed by atoms with van der Waals surface area (Å²) in [6.45, 7) is -0.205. The van der Waals surface area contributed by atoms with Crippen LogP contribution in [0.15, 0.2) is 29.2 Å². The zero-order chi connectivity index (χ0) is 12.0. The van der Waals surface area contributed by atoms with Gasteiger partial charge < -0.3 is 4.90 Å². The largest absolute Gasteiger partial charge is 0.312 e. The Morgan fingerprint density at radius 3 is 2.31 bits per heavy atom. The summed E-state index contributed by atoms with van der Waals surface area (Å²) in [7, 11) is 0. The lowest BCUT2D eigenvalue weighted by molar-refractivity contribution is 0.0791. The molecule has 0 radical (unpaired) electrons. The van der Waals surface area contributed by atoms with Gasteiger partial charge in [-0.2, -0.15) is 10.5 Å². The molecule has 0 aliphatic heterocycles. The van der Waals surface area contributed by atoms with Gasteiger partial charge in [0.1, 0.15) is 13.1 Å². The summed E-state index contributed by atoms with van der Waals surface area (Å²) in [5.74, 6) is -0.353. The number of amides is 1. The van der Waals surface area contributed by atoms with E-state index in [0.29, 0.717) is 10.5 Å². The summed E-state index contributed by atoms with van der Waals surface area (Å²) in [6.07, 6.45) is 0. The number of nitriles is 2. The second-order valence-corrected chi connectivity index (χ2v) is 3.48. The van der Waals surface area contributed by atoms with Crippen molar-refractivity contribution < 1.29 is 4.79 Å². The molecular formula is C11H9N3OS. The Morgan fingerprint density at radius 2 is 1.81 bits per heavy atom. The van der Waals surface area contributed by atoms with Crippen molar-refractivity contribution in [3.8, 4) is 12.1 Å². The van der Waals surface area contributed by atoms with Gasteiger partial charge in [-0.05, 0) is 12.1 Å². The molecular weight excluding hydrogens is 222 g/mol. The minimum Gasteiger partial charge on any atom is -0.312 e. The fraction of sp³-hybridized carbons (Fsp3) is 0.182. The number of rotatable bonds is 3. The minimum absolute atomic E-state index is 0.103. The normalized spacial score (nSPS) is 8.94. The lowest BCUT2D eigenvalue weighted by Gasteiger charge is -2.16. The highest BCUT2D eigenvalue weighted by atomic mass is 32.1. The molecule has 0 saturated carbocycles. The molecule has 5 heteroatoms. The van der Waals surface area contributed by atoms with Crippen LogP contribution in [-0.2, 0) is 0 Å². The lowest BCUT2D eigenvalue weighted by Crippen LogP contribution is -2.32. The molecule has 0 N–H and O–H groups in total. The van der Waals surface area contributed by atoms with Gasteiger partial charge in [-0.25, -0.2) is 0 Å². The minimum atomic E-state index is -0.353. The van der Waals surface area contributed by atoms with Crippen molar-refractivity contribution in [2.75, 3.05) is 13.1 Å². The molecule has 0 unspecified atom stereocenters. The van der Waals surface area contributed by atoms with E-state index in [9.17, 15) is 4.79 Å². The molecule has 0 spiro atoms. The number of carbonyl (C=O) groups excluding carboxylic acids is 1. The highest BCUT2D eigenvalue weighted by molar-refractivity contribution is 7.80. The van der Waals surface area contributed by atoms with Crippen molar-refractivity contribution in [2.24, 2.45) is 0 Å². The smallest absolute Gasteiger partial charge is 0.256 e. The number of carbonyl (C=O) groups is 1. The van der Waals surface area contributed by atoms with Crippen LogP contribution in [-0.4, -0.2) is 23.9 Å². The summed E-state index contributed by atoms with van der Waals surface area (Å²) in [6, 6.07) is 10.5. The molecule has 1 aromatic rings. The molecule has 0 aliphatic rings. The van der Waals surface area contributed by atoms with E-state index in [4.69, 9.17) is 10.5 Å². The van der Waals surface area contributed by atoms with E-state index >= 15 is 0 Å². The van der Waals surface area contributed by atoms with Crippen molar-refractivity contribution in [1.29, 1.82) is 10.5 Å². The zero-order valence-electron chi connectivity index (χ0n) is 8.42. The van der Waals surface area contributed by atoms with E-state index in [0.717, 1.165) is 0 Å². The SMILES string of the molecule is N#CCN(CC#N)C(=O)c1ccccc1S. The maximum Gasteiger partial charge on any atom is 0.256 e. The van der Waals surface area contributed by atoms with E-state index in [2.05, 4.69) is 12.6 Å². The second-order valence-electron chi connectivity index (χ2n) is 2.99. The first-order valence-electron chi connectivity index (χ1n) is 4.52. The Kier molecular flexibility index (Phi) is 4.38. The fourth-order valence-electron chi connectivity index (χ4n) is 1.20. The van der Waals surface area contributed by atoms with Gasteiger partial charge in [-0.1, -0.05) is 12.1 Å². The number of thiol groups is 1. The first-order valence-corrected chi connectivity index (χ1v) is 4.96. The van der Waals surface area contributed by atoms with Gasteiger partial charge >= 0.3 is 0 Å². The van der Waals surface area contributed by atoms with Gasteiger partial charge in [0.2, 0.25) is 0 Å². The van der Waals surface area contributed by atoms with E-state index in [1.165, 1.54) is 4.90 Å². The average molecular weight is 231 g/mol. The van der Waals surface area contributed by atoms with Crippen LogP contribution < -0.4 is 0 Å². The van der Waals surface area contributed by atoms with Crippen LogP contribution in [0.1, 0.15) is 10.4 Å². The third-order valence-electron chi connectivity index (χ3n) is 1.94.